The fourth-order valence-electron chi connectivity index (χ4n) is 6.79. The van der Waals surface area contributed by atoms with Gasteiger partial charge in [-0.05, 0) is 65.7 Å². The van der Waals surface area contributed by atoms with Gasteiger partial charge in [-0.25, -0.2) is 24.0 Å². The van der Waals surface area contributed by atoms with Crippen LogP contribution in [0.5, 0.6) is 0 Å². The van der Waals surface area contributed by atoms with Crippen LogP contribution in [-0.4, -0.2) is 152 Å². The Morgan fingerprint density at radius 3 is 1.85 bits per heavy atom. The summed E-state index contributed by atoms with van der Waals surface area (Å²) in [6, 6.07) is -0.0492. The second-order valence-corrected chi connectivity index (χ2v) is 15.5. The monoisotopic (exact) mass is 876 g/mol. The van der Waals surface area contributed by atoms with Crippen LogP contribution in [0, 0.1) is 18.3 Å². The fourth-order valence-corrected chi connectivity index (χ4v) is 6.79. The topological polar surface area (TPSA) is 205 Å². The number of carbonyl (C=O) groups excluding carboxylic acids is 8. The first-order valence-electron chi connectivity index (χ1n) is 21.7. The first kappa shape index (κ1) is 52.7. The quantitative estimate of drug-likeness (QED) is 0.0554. The number of hydrogen-bond acceptors (Lipinski definition) is 14. The predicted octanol–water partition coefficient (Wildman–Crippen LogP) is 4.94. The standard InChI is InChI=1S/C23H38N2O7.C13H18NO6.C8H12NO/c1-4-23(3,17-18(2)25-12-7-5-6-9-20(25)27)21(28)30-15-16-32-22(29)31-14-13-24-11-8-10-19(24)26;1-10(2)12(16)18-8-9-20-13(17)19-7-6-14-5-3-4-11(14)15;1-2-9-7-5-3-4-6-8(9)10/h18H,4-17H2,1-3H3;4H,1,3,5-9H2,2H3;2,6H,1,3-5,7H2/q;2*+1. The SMILES string of the molecule is C=C(C)C(=O)OCCOC(=O)OCCN1CC[CH+]C1=O.C=CN1CCCC[CH+]C1=O.CCC(C)(CC(C)N1CCCCCC1=O)C(=O)OCCOC(=O)OCCN1CCCC1=O. The summed E-state index contributed by atoms with van der Waals surface area (Å²) in [5.41, 5.74) is -0.450. The molecule has 4 aliphatic heterocycles. The molecule has 18 nitrogen and oxygen atoms in total. The van der Waals surface area contributed by atoms with Gasteiger partial charge in [0, 0.05) is 50.3 Å². The lowest BCUT2D eigenvalue weighted by molar-refractivity contribution is -0.158. The molecule has 4 fully saturated rings. The van der Waals surface area contributed by atoms with Crippen molar-refractivity contribution in [3.63, 3.8) is 0 Å². The molecule has 0 N–H and O–H groups in total. The van der Waals surface area contributed by atoms with E-state index in [4.69, 9.17) is 23.7 Å². The molecule has 18 heteroatoms. The number of likely N-dealkylation sites (tertiary alicyclic amines) is 4. The zero-order valence-electron chi connectivity index (χ0n) is 37.2. The van der Waals surface area contributed by atoms with Gasteiger partial charge in [-0.15, -0.1) is 0 Å². The smallest absolute Gasteiger partial charge is 0.462 e. The first-order chi connectivity index (χ1) is 29.6. The highest BCUT2D eigenvalue weighted by Gasteiger charge is 2.37. The molecule has 0 spiro atoms. The molecule has 4 rings (SSSR count). The Labute approximate surface area is 366 Å². The van der Waals surface area contributed by atoms with Crippen LogP contribution in [-0.2, 0) is 57.2 Å². The highest BCUT2D eigenvalue weighted by molar-refractivity contribution is 5.87. The van der Waals surface area contributed by atoms with Crippen LogP contribution in [0.3, 0.4) is 0 Å². The molecular weight excluding hydrogens is 808 g/mol. The third-order valence-electron chi connectivity index (χ3n) is 10.6. The van der Waals surface area contributed by atoms with Crippen LogP contribution in [0.25, 0.3) is 0 Å². The van der Waals surface area contributed by atoms with Crippen molar-refractivity contribution < 1.29 is 66.8 Å². The lowest BCUT2D eigenvalue weighted by Gasteiger charge is -2.35. The Hall–Kier alpha value is -5.42. The molecule has 0 radical (unpaired) electrons. The summed E-state index contributed by atoms with van der Waals surface area (Å²) in [4.78, 5) is 99.5. The molecule has 4 saturated heterocycles. The average Bonchev–Trinajstić information content (AvgIpc) is 3.69. The van der Waals surface area contributed by atoms with Crippen molar-refractivity contribution in [2.75, 3.05) is 78.9 Å². The summed E-state index contributed by atoms with van der Waals surface area (Å²) in [5, 5.41) is 0. The van der Waals surface area contributed by atoms with Crippen molar-refractivity contribution in [1.29, 1.82) is 0 Å². The number of carbonyl (C=O) groups is 8. The minimum absolute atomic E-state index is 0.0475. The van der Waals surface area contributed by atoms with Crippen molar-refractivity contribution in [3.8, 4) is 0 Å². The van der Waals surface area contributed by atoms with Crippen molar-refractivity contribution in [2.24, 2.45) is 5.41 Å². The Kier molecular flexibility index (Phi) is 24.6. The van der Waals surface area contributed by atoms with E-state index in [0.29, 0.717) is 51.9 Å². The molecule has 0 bridgehead atoms. The molecule has 0 aromatic carbocycles. The lowest BCUT2D eigenvalue weighted by atomic mass is 9.81. The average molecular weight is 877 g/mol. The van der Waals surface area contributed by atoms with Crippen molar-refractivity contribution in [2.45, 2.75) is 111 Å². The van der Waals surface area contributed by atoms with E-state index < -0.39 is 23.7 Å². The van der Waals surface area contributed by atoms with Crippen molar-refractivity contribution in [1.82, 2.24) is 19.6 Å². The maximum absolute atomic E-state index is 12.7. The van der Waals surface area contributed by atoms with Gasteiger partial charge in [0.15, 0.2) is 12.8 Å². The first-order valence-corrected chi connectivity index (χ1v) is 21.7. The number of ether oxygens (including phenoxy) is 6. The molecule has 0 saturated carbocycles. The molecule has 346 valence electrons. The lowest BCUT2D eigenvalue weighted by Crippen LogP contribution is -2.43. The van der Waals surface area contributed by atoms with Crippen LogP contribution < -0.4 is 0 Å². The second-order valence-electron chi connectivity index (χ2n) is 15.5. The summed E-state index contributed by atoms with van der Waals surface area (Å²) in [5.74, 6) is -0.615. The molecule has 4 heterocycles. The summed E-state index contributed by atoms with van der Waals surface area (Å²) in [6.07, 6.45) is 13.1. The molecule has 4 amide bonds. The van der Waals surface area contributed by atoms with E-state index in [1.54, 1.807) is 33.7 Å². The van der Waals surface area contributed by atoms with Gasteiger partial charge in [-0.3, -0.25) is 24.2 Å². The minimum atomic E-state index is -0.855. The Morgan fingerprint density at radius 1 is 0.694 bits per heavy atom. The number of nitrogens with zero attached hydrogens (tertiary/aromatic N) is 4. The van der Waals surface area contributed by atoms with Crippen LogP contribution >= 0.6 is 0 Å². The van der Waals surface area contributed by atoms with E-state index in [0.717, 1.165) is 64.5 Å². The number of amides is 4. The molecule has 2 atom stereocenters. The molecule has 2 unspecified atom stereocenters. The summed E-state index contributed by atoms with van der Waals surface area (Å²) >= 11 is 0. The van der Waals surface area contributed by atoms with Crippen LogP contribution in [0.15, 0.2) is 24.9 Å². The number of rotatable bonds is 19. The second kappa shape index (κ2) is 29.0. The Bertz CT molecular complexity index is 1520. The summed E-state index contributed by atoms with van der Waals surface area (Å²) in [7, 11) is 0. The molecule has 4 aliphatic rings. The van der Waals surface area contributed by atoms with Crippen LogP contribution in [0.4, 0.5) is 9.59 Å². The molecule has 0 aliphatic carbocycles. The highest BCUT2D eigenvalue weighted by atomic mass is 16.7. The predicted molar refractivity (Wildman–Crippen MR) is 225 cm³/mol. The molecular formula is C44H68N4O14+2. The molecule has 62 heavy (non-hydrogen) atoms. The summed E-state index contributed by atoms with van der Waals surface area (Å²) < 4.78 is 29.4. The van der Waals surface area contributed by atoms with Crippen molar-refractivity contribution >= 4 is 47.9 Å². The summed E-state index contributed by atoms with van der Waals surface area (Å²) in [6.45, 7) is 17.7. The molecule has 0 aromatic rings. The molecule has 0 aromatic heterocycles. The van der Waals surface area contributed by atoms with E-state index in [1.165, 1.54) is 6.92 Å². The zero-order valence-corrected chi connectivity index (χ0v) is 37.2. The number of esters is 2. The normalized spacial score (nSPS) is 17.8. The number of hydrogen-bond donors (Lipinski definition) is 0. The zero-order chi connectivity index (χ0) is 45.9. The van der Waals surface area contributed by atoms with Gasteiger partial charge in [0.05, 0.1) is 31.5 Å². The minimum Gasteiger partial charge on any atom is -0.462 e. The Balaban J connectivity index is 0.000000371. The van der Waals surface area contributed by atoms with Gasteiger partial charge in [0.1, 0.15) is 46.1 Å². The third kappa shape index (κ3) is 20.0. The maximum Gasteiger partial charge on any atom is 0.508 e. The third-order valence-corrected chi connectivity index (χ3v) is 10.6. The van der Waals surface area contributed by atoms with Gasteiger partial charge in [0.2, 0.25) is 11.8 Å². The fraction of sp³-hybridized carbons (Fsp3) is 0.682. The Morgan fingerprint density at radius 2 is 1.27 bits per heavy atom. The van der Waals surface area contributed by atoms with Crippen molar-refractivity contribution in [3.05, 3.63) is 37.8 Å². The van der Waals surface area contributed by atoms with Gasteiger partial charge >= 0.3 is 36.1 Å². The largest absolute Gasteiger partial charge is 0.508 e. The van der Waals surface area contributed by atoms with E-state index in [1.807, 2.05) is 25.7 Å². The van der Waals surface area contributed by atoms with Gasteiger partial charge in [-0.2, -0.15) is 0 Å². The van der Waals surface area contributed by atoms with Gasteiger partial charge in [-0.1, -0.05) is 26.5 Å². The maximum atomic E-state index is 12.7. The van der Waals surface area contributed by atoms with Crippen LogP contribution in [0.2, 0.25) is 0 Å². The highest BCUT2D eigenvalue weighted by Crippen LogP contribution is 2.32. The van der Waals surface area contributed by atoms with E-state index in [2.05, 4.69) is 17.9 Å². The van der Waals surface area contributed by atoms with E-state index in [-0.39, 0.29) is 80.9 Å². The van der Waals surface area contributed by atoms with Crippen LogP contribution in [0.1, 0.15) is 105 Å². The van der Waals surface area contributed by atoms with Gasteiger partial charge < -0.3 is 38.2 Å². The van der Waals surface area contributed by atoms with E-state index in [9.17, 15) is 38.4 Å². The van der Waals surface area contributed by atoms with E-state index >= 15 is 0 Å². The van der Waals surface area contributed by atoms with Gasteiger partial charge in [0.25, 0.3) is 0 Å².